The average Bonchev–Trinajstić information content (AvgIpc) is 3.67. The molecule has 0 radical (unpaired) electrons. The van der Waals surface area contributed by atoms with Gasteiger partial charge in [0, 0.05) is 40.0 Å². The Hall–Kier alpha value is -3.98. The lowest BCUT2D eigenvalue weighted by atomic mass is 9.93. The van der Waals surface area contributed by atoms with Crippen molar-refractivity contribution in [3.05, 3.63) is 80.4 Å². The molecule has 0 N–H and O–H groups in total. The van der Waals surface area contributed by atoms with Gasteiger partial charge in [-0.05, 0) is 69.7 Å². The van der Waals surface area contributed by atoms with Crippen molar-refractivity contribution in [2.24, 2.45) is 0 Å². The molecule has 234 valence electrons. The fraction of sp³-hybridized carbons (Fsp3) is 0.312. The summed E-state index contributed by atoms with van der Waals surface area (Å²) in [7, 11) is -3.57. The van der Waals surface area contributed by atoms with Gasteiger partial charge in [-0.25, -0.2) is 17.7 Å². The van der Waals surface area contributed by atoms with E-state index in [1.54, 1.807) is 6.92 Å². The van der Waals surface area contributed by atoms with Gasteiger partial charge in [0.15, 0.2) is 27.5 Å². The van der Waals surface area contributed by atoms with Crippen molar-refractivity contribution in [2.75, 3.05) is 11.2 Å². The van der Waals surface area contributed by atoms with Crippen LogP contribution in [0.2, 0.25) is 10.0 Å². The van der Waals surface area contributed by atoms with Crippen LogP contribution in [0.25, 0.3) is 0 Å². The zero-order valence-electron chi connectivity index (χ0n) is 24.2. The number of rotatable bonds is 7. The van der Waals surface area contributed by atoms with Crippen molar-refractivity contribution in [3.63, 3.8) is 0 Å². The topological polar surface area (TPSA) is 124 Å². The summed E-state index contributed by atoms with van der Waals surface area (Å²) in [6, 6.07) is 6.47. The molecular weight excluding hydrogens is 646 g/mol. The summed E-state index contributed by atoms with van der Waals surface area (Å²) < 4.78 is 48.7. The van der Waals surface area contributed by atoms with Crippen molar-refractivity contribution < 1.29 is 36.5 Å². The van der Waals surface area contributed by atoms with Crippen LogP contribution in [0.4, 0.5) is 10.1 Å². The smallest absolute Gasteiger partial charge is 0.261 e. The summed E-state index contributed by atoms with van der Waals surface area (Å²) >= 11 is 11.8. The van der Waals surface area contributed by atoms with E-state index in [9.17, 15) is 27.2 Å². The molecule has 1 atom stereocenters. The monoisotopic (exact) mass is 672 g/mol. The third-order valence-electron chi connectivity index (χ3n) is 7.55. The molecule has 2 heterocycles. The molecule has 0 bridgehead atoms. The van der Waals surface area contributed by atoms with Crippen molar-refractivity contribution in [2.45, 2.75) is 62.4 Å². The Morgan fingerprint density at radius 2 is 1.76 bits per heavy atom. The Balaban J connectivity index is 0.000000179. The Bertz CT molecular complexity index is 1880. The first-order valence-corrected chi connectivity index (χ1v) is 16.7. The van der Waals surface area contributed by atoms with Crippen LogP contribution in [0.5, 0.6) is 5.75 Å². The molecular formula is C32H27Cl2FN2O7S. The van der Waals surface area contributed by atoms with Crippen LogP contribution in [0.15, 0.2) is 57.1 Å². The molecule has 0 saturated heterocycles. The van der Waals surface area contributed by atoms with E-state index >= 15 is 0 Å². The highest BCUT2D eigenvalue weighted by molar-refractivity contribution is 7.90. The highest BCUT2D eigenvalue weighted by Gasteiger charge is 2.41. The van der Waals surface area contributed by atoms with Crippen LogP contribution < -0.4 is 9.64 Å². The molecule has 2 aliphatic carbocycles. The van der Waals surface area contributed by atoms with E-state index in [-0.39, 0.29) is 37.9 Å². The molecule has 3 aromatic rings. The standard InChI is InChI=1S/C18H15ClFNO3.C14H12ClNO4S/c1-3-10(2)24-16-9-15(14(20)8-13(16)19)21-17(22)11-6-4-5-7-12(11)18(21)23;1-21(18,19)12-6-9(15)4-5-10(12)13(17)11-7-16-20-14(11)8-2-3-8/h1,8-10H,4-7H2,2H3;4-8H,2-3H2,1H3. The van der Waals surface area contributed by atoms with Crippen molar-refractivity contribution in [1.29, 1.82) is 0 Å². The maximum Gasteiger partial charge on any atom is 0.261 e. The third-order valence-corrected chi connectivity index (χ3v) is 9.22. The predicted octanol–water partition coefficient (Wildman–Crippen LogP) is 6.46. The Morgan fingerprint density at radius 3 is 2.33 bits per heavy atom. The largest absolute Gasteiger partial charge is 0.476 e. The van der Waals surface area contributed by atoms with Gasteiger partial charge in [-0.1, -0.05) is 34.3 Å². The Morgan fingerprint density at radius 1 is 1.11 bits per heavy atom. The minimum Gasteiger partial charge on any atom is -0.476 e. The van der Waals surface area contributed by atoms with Gasteiger partial charge < -0.3 is 9.26 Å². The molecule has 13 heteroatoms. The first-order valence-electron chi connectivity index (χ1n) is 14.0. The maximum atomic E-state index is 14.4. The van der Waals surface area contributed by atoms with Crippen LogP contribution in [0.1, 0.15) is 73.0 Å². The number of ether oxygens (including phenoxy) is 1. The van der Waals surface area contributed by atoms with Crippen LogP contribution in [-0.4, -0.2) is 43.5 Å². The zero-order valence-corrected chi connectivity index (χ0v) is 26.6. The molecule has 1 saturated carbocycles. The molecule has 1 aromatic heterocycles. The SMILES string of the molecule is C#CC(C)Oc1cc(N2C(=O)C3=C(CCCC3)C2=O)c(F)cc1Cl.CS(=O)(=O)c1cc(Cl)ccc1C(=O)c1cnoc1C1CC1. The van der Waals surface area contributed by atoms with Crippen LogP contribution >= 0.6 is 23.2 Å². The molecule has 6 rings (SSSR count). The first kappa shape index (κ1) is 32.4. The molecule has 0 spiro atoms. The lowest BCUT2D eigenvalue weighted by Crippen LogP contribution is -2.32. The molecule has 1 unspecified atom stereocenters. The van der Waals surface area contributed by atoms with Crippen molar-refractivity contribution >= 4 is 56.3 Å². The molecule has 1 fully saturated rings. The van der Waals surface area contributed by atoms with Crippen molar-refractivity contribution in [1.82, 2.24) is 5.16 Å². The number of ketones is 1. The Kier molecular flexibility index (Phi) is 9.21. The number of hydrogen-bond acceptors (Lipinski definition) is 8. The Labute approximate surface area is 269 Å². The fourth-order valence-electron chi connectivity index (χ4n) is 5.16. The maximum absolute atomic E-state index is 14.4. The second kappa shape index (κ2) is 12.8. The van der Waals surface area contributed by atoms with Crippen LogP contribution in [-0.2, 0) is 19.4 Å². The highest BCUT2D eigenvalue weighted by Crippen LogP contribution is 2.42. The second-order valence-electron chi connectivity index (χ2n) is 10.9. The van der Waals surface area contributed by atoms with E-state index in [2.05, 4.69) is 11.1 Å². The minimum absolute atomic E-state index is 0.0233. The van der Waals surface area contributed by atoms with E-state index in [1.807, 2.05) is 0 Å². The number of carbonyl (C=O) groups excluding carboxylic acids is 3. The molecule has 3 aliphatic rings. The minimum atomic E-state index is -3.57. The number of nitrogens with zero attached hydrogens (tertiary/aromatic N) is 2. The van der Waals surface area contributed by atoms with Gasteiger partial charge in [-0.2, -0.15) is 0 Å². The summed E-state index contributed by atoms with van der Waals surface area (Å²) in [5.74, 6) is 1.15. The fourth-order valence-corrected chi connectivity index (χ4v) is 6.49. The lowest BCUT2D eigenvalue weighted by molar-refractivity contribution is -0.120. The summed E-state index contributed by atoms with van der Waals surface area (Å²) in [6.07, 6.45) is 11.8. The molecule has 1 aliphatic heterocycles. The van der Waals surface area contributed by atoms with E-state index in [1.165, 1.54) is 30.5 Å². The van der Waals surface area contributed by atoms with E-state index in [0.717, 1.165) is 42.9 Å². The number of sulfone groups is 1. The van der Waals surface area contributed by atoms with Gasteiger partial charge >= 0.3 is 0 Å². The third kappa shape index (κ3) is 6.69. The number of halogens is 3. The first-order chi connectivity index (χ1) is 21.3. The highest BCUT2D eigenvalue weighted by atomic mass is 35.5. The van der Waals surface area contributed by atoms with Gasteiger partial charge in [0.1, 0.15) is 11.6 Å². The summed E-state index contributed by atoms with van der Waals surface area (Å²) in [5, 5.41) is 3.95. The number of benzene rings is 2. The number of carbonyl (C=O) groups is 3. The molecule has 2 amide bonds. The van der Waals surface area contributed by atoms with Gasteiger partial charge in [0.25, 0.3) is 11.8 Å². The number of imide groups is 1. The normalized spacial score (nSPS) is 16.9. The molecule has 45 heavy (non-hydrogen) atoms. The lowest BCUT2D eigenvalue weighted by Gasteiger charge is -2.19. The van der Waals surface area contributed by atoms with Gasteiger partial charge in [-0.15, -0.1) is 6.42 Å². The number of hydrogen-bond donors (Lipinski definition) is 0. The number of terminal acetylenes is 1. The van der Waals surface area contributed by atoms with Crippen LogP contribution in [0, 0.1) is 18.2 Å². The quantitative estimate of drug-likeness (QED) is 0.159. The van der Waals surface area contributed by atoms with Crippen LogP contribution in [0.3, 0.4) is 0 Å². The van der Waals surface area contributed by atoms with Gasteiger partial charge in [-0.3, -0.25) is 14.4 Å². The van der Waals surface area contributed by atoms with E-state index < -0.39 is 39.4 Å². The molecule has 9 nitrogen and oxygen atoms in total. The second-order valence-corrected chi connectivity index (χ2v) is 13.7. The van der Waals surface area contributed by atoms with E-state index in [0.29, 0.717) is 35.3 Å². The summed E-state index contributed by atoms with van der Waals surface area (Å²) in [4.78, 5) is 38.5. The molecule has 2 aromatic carbocycles. The number of amides is 2. The summed E-state index contributed by atoms with van der Waals surface area (Å²) in [6.45, 7) is 1.63. The number of aromatic nitrogens is 1. The number of anilines is 1. The zero-order chi connectivity index (χ0) is 32.6. The van der Waals surface area contributed by atoms with Gasteiger partial charge in [0.2, 0.25) is 0 Å². The average molecular weight is 674 g/mol. The van der Waals surface area contributed by atoms with E-state index in [4.69, 9.17) is 38.9 Å². The van der Waals surface area contributed by atoms with Crippen molar-refractivity contribution in [3.8, 4) is 18.1 Å². The summed E-state index contributed by atoms with van der Waals surface area (Å²) in [5.41, 5.74) is 1.22. The van der Waals surface area contributed by atoms with Gasteiger partial charge in [0.05, 0.1) is 27.4 Å². The predicted molar refractivity (Wildman–Crippen MR) is 165 cm³/mol.